The topological polar surface area (TPSA) is 12.0 Å². The largest absolute Gasteiger partial charge is 0.310 e. The fourth-order valence-corrected chi connectivity index (χ4v) is 3.30. The Kier molecular flexibility index (Phi) is 1.85. The molecule has 1 aliphatic heterocycles. The lowest BCUT2D eigenvalue weighted by molar-refractivity contribution is 0.134. The molecule has 1 aliphatic carbocycles. The first kappa shape index (κ1) is 9.26. The highest BCUT2D eigenvalue weighted by atomic mass is 15.0. The van der Waals surface area contributed by atoms with Crippen LogP contribution in [-0.4, -0.2) is 12.1 Å². The van der Waals surface area contributed by atoms with E-state index in [1.165, 1.54) is 31.4 Å². The molecule has 1 saturated heterocycles. The highest BCUT2D eigenvalue weighted by molar-refractivity contribution is 5.22. The van der Waals surface area contributed by atoms with Crippen LogP contribution >= 0.6 is 0 Å². The van der Waals surface area contributed by atoms with Crippen LogP contribution in [0.3, 0.4) is 0 Å². The van der Waals surface area contributed by atoms with Crippen molar-refractivity contribution in [1.29, 1.82) is 0 Å². The number of fused-ring (bicyclic) bond motifs is 1. The zero-order chi connectivity index (χ0) is 9.69. The van der Waals surface area contributed by atoms with Crippen molar-refractivity contribution >= 4 is 0 Å². The normalized spacial score (nSPS) is 39.6. The zero-order valence-corrected chi connectivity index (χ0v) is 9.11. The molecule has 1 heteroatoms. The number of rotatable bonds is 0. The Morgan fingerprint density at radius 2 is 2.15 bits per heavy atom. The molecule has 1 nitrogen and oxygen atoms in total. The third-order valence-electron chi connectivity index (χ3n) is 4.03. The van der Waals surface area contributed by atoms with Gasteiger partial charge >= 0.3 is 0 Å². The lowest BCUT2D eigenvalue weighted by Gasteiger charge is -2.42. The van der Waals surface area contributed by atoms with Crippen LogP contribution in [-0.2, 0) is 0 Å². The van der Waals surface area contributed by atoms with Crippen molar-refractivity contribution in [2.75, 3.05) is 6.54 Å². The minimum Gasteiger partial charge on any atom is -0.310 e. The van der Waals surface area contributed by atoms with Gasteiger partial charge in [0.15, 0.2) is 0 Å². The highest BCUT2D eigenvalue weighted by Crippen LogP contribution is 2.52. The van der Waals surface area contributed by atoms with Crippen molar-refractivity contribution in [2.24, 2.45) is 11.3 Å². The molecule has 0 radical (unpaired) electrons. The summed E-state index contributed by atoms with van der Waals surface area (Å²) in [6.07, 6.45) is 3.79. The second-order valence-electron chi connectivity index (χ2n) is 5.76. The minimum atomic E-state index is 0.365. The molecule has 2 fully saturated rings. The summed E-state index contributed by atoms with van der Waals surface area (Å²) in [4.78, 5) is 0. The van der Waals surface area contributed by atoms with Crippen molar-refractivity contribution in [1.82, 2.24) is 5.32 Å². The smallest absolute Gasteiger partial charge is 0.0298 e. The Morgan fingerprint density at radius 3 is 2.69 bits per heavy atom. The van der Waals surface area contributed by atoms with Gasteiger partial charge in [0, 0.05) is 5.54 Å². The van der Waals surface area contributed by atoms with E-state index in [-0.39, 0.29) is 0 Å². The van der Waals surface area contributed by atoms with Crippen LogP contribution in [0.4, 0.5) is 0 Å². The summed E-state index contributed by atoms with van der Waals surface area (Å²) in [5, 5.41) is 3.74. The first-order chi connectivity index (χ1) is 5.96. The molecule has 0 spiro atoms. The Labute approximate surface area is 81.6 Å². The van der Waals surface area contributed by atoms with E-state index in [4.69, 9.17) is 0 Å². The monoisotopic (exact) mass is 179 g/mol. The average Bonchev–Trinajstić information content (AvgIpc) is 2.40. The van der Waals surface area contributed by atoms with Gasteiger partial charge in [-0.05, 0) is 37.1 Å². The van der Waals surface area contributed by atoms with E-state index in [9.17, 15) is 0 Å². The third kappa shape index (κ3) is 1.17. The molecule has 2 rings (SSSR count). The van der Waals surface area contributed by atoms with E-state index in [1.807, 2.05) is 0 Å². The van der Waals surface area contributed by atoms with Crippen LogP contribution in [0.5, 0.6) is 0 Å². The van der Waals surface area contributed by atoms with Gasteiger partial charge in [0.1, 0.15) is 0 Å². The van der Waals surface area contributed by atoms with E-state index in [0.717, 1.165) is 5.92 Å². The predicted octanol–water partition coefficient (Wildman–Crippen LogP) is 2.73. The van der Waals surface area contributed by atoms with Crippen molar-refractivity contribution < 1.29 is 0 Å². The van der Waals surface area contributed by atoms with Crippen molar-refractivity contribution in [2.45, 2.75) is 45.6 Å². The summed E-state index contributed by atoms with van der Waals surface area (Å²) in [6.45, 7) is 12.4. The predicted molar refractivity (Wildman–Crippen MR) is 56.7 cm³/mol. The van der Waals surface area contributed by atoms with E-state index in [0.29, 0.717) is 11.0 Å². The van der Waals surface area contributed by atoms with E-state index < -0.39 is 0 Å². The van der Waals surface area contributed by atoms with Gasteiger partial charge in [0.25, 0.3) is 0 Å². The summed E-state index contributed by atoms with van der Waals surface area (Å²) in [5.41, 5.74) is 2.18. The number of hydrogen-bond donors (Lipinski definition) is 1. The van der Waals surface area contributed by atoms with Crippen molar-refractivity contribution in [3.05, 3.63) is 12.2 Å². The lowest BCUT2D eigenvalue weighted by atomic mass is 9.69. The summed E-state index contributed by atoms with van der Waals surface area (Å²) in [6, 6.07) is 0. The molecule has 2 aliphatic rings. The van der Waals surface area contributed by atoms with Gasteiger partial charge < -0.3 is 5.32 Å². The molecular weight excluding hydrogens is 158 g/mol. The SMILES string of the molecule is C=C1CC2CCNC2(C(C)(C)C)C1. The zero-order valence-electron chi connectivity index (χ0n) is 9.11. The number of hydrogen-bond acceptors (Lipinski definition) is 1. The van der Waals surface area contributed by atoms with Gasteiger partial charge in [0.2, 0.25) is 0 Å². The molecule has 0 aromatic carbocycles. The summed E-state index contributed by atoms with van der Waals surface area (Å²) < 4.78 is 0. The molecule has 1 heterocycles. The maximum atomic E-state index is 4.16. The van der Waals surface area contributed by atoms with Gasteiger partial charge in [-0.1, -0.05) is 32.9 Å². The summed E-state index contributed by atoms with van der Waals surface area (Å²) in [7, 11) is 0. The summed E-state index contributed by atoms with van der Waals surface area (Å²) in [5.74, 6) is 0.847. The fourth-order valence-electron chi connectivity index (χ4n) is 3.30. The van der Waals surface area contributed by atoms with Crippen LogP contribution in [0.15, 0.2) is 12.2 Å². The molecule has 0 bridgehead atoms. The van der Waals surface area contributed by atoms with Crippen molar-refractivity contribution in [3.8, 4) is 0 Å². The minimum absolute atomic E-state index is 0.365. The molecule has 1 saturated carbocycles. The van der Waals surface area contributed by atoms with E-state index >= 15 is 0 Å². The van der Waals surface area contributed by atoms with Gasteiger partial charge in [-0.2, -0.15) is 0 Å². The van der Waals surface area contributed by atoms with Crippen LogP contribution in [0.1, 0.15) is 40.0 Å². The van der Waals surface area contributed by atoms with Gasteiger partial charge in [-0.15, -0.1) is 0 Å². The quantitative estimate of drug-likeness (QED) is 0.564. The van der Waals surface area contributed by atoms with Crippen LogP contribution in [0.2, 0.25) is 0 Å². The second kappa shape index (κ2) is 2.60. The van der Waals surface area contributed by atoms with Gasteiger partial charge in [-0.3, -0.25) is 0 Å². The van der Waals surface area contributed by atoms with Gasteiger partial charge in [0.05, 0.1) is 0 Å². The Hall–Kier alpha value is -0.300. The van der Waals surface area contributed by atoms with E-state index in [1.54, 1.807) is 0 Å². The molecule has 2 atom stereocenters. The third-order valence-corrected chi connectivity index (χ3v) is 4.03. The molecular formula is C12H21N. The van der Waals surface area contributed by atoms with E-state index in [2.05, 4.69) is 32.7 Å². The Balaban J connectivity index is 2.33. The summed E-state index contributed by atoms with van der Waals surface area (Å²) >= 11 is 0. The molecule has 74 valence electrons. The van der Waals surface area contributed by atoms with Gasteiger partial charge in [-0.25, -0.2) is 0 Å². The Bertz CT molecular complexity index is 236. The number of nitrogens with one attached hydrogen (secondary N) is 1. The first-order valence-corrected chi connectivity index (χ1v) is 5.37. The highest BCUT2D eigenvalue weighted by Gasteiger charge is 2.53. The Morgan fingerprint density at radius 1 is 1.46 bits per heavy atom. The average molecular weight is 179 g/mol. The molecule has 13 heavy (non-hydrogen) atoms. The standard InChI is InChI=1S/C12H21N/c1-9-7-10-5-6-13-12(10,8-9)11(2,3)4/h10,13H,1,5-8H2,2-4H3. The lowest BCUT2D eigenvalue weighted by Crippen LogP contribution is -2.52. The fraction of sp³-hybridized carbons (Fsp3) is 0.833. The molecule has 0 aromatic heterocycles. The maximum absolute atomic E-state index is 4.16. The first-order valence-electron chi connectivity index (χ1n) is 5.37. The van der Waals surface area contributed by atoms with Crippen LogP contribution in [0.25, 0.3) is 0 Å². The van der Waals surface area contributed by atoms with Crippen molar-refractivity contribution in [3.63, 3.8) is 0 Å². The van der Waals surface area contributed by atoms with Crippen LogP contribution in [0, 0.1) is 11.3 Å². The van der Waals surface area contributed by atoms with Crippen LogP contribution < -0.4 is 5.32 Å². The molecule has 1 N–H and O–H groups in total. The molecule has 0 amide bonds. The molecule has 2 unspecified atom stereocenters. The molecule has 0 aromatic rings. The maximum Gasteiger partial charge on any atom is 0.0298 e. The second-order valence-corrected chi connectivity index (χ2v) is 5.76.